The monoisotopic (exact) mass is 315 g/mol. The number of rotatable bonds is 9. The Labute approximate surface area is 138 Å². The SMILES string of the molecule is COc1ccc(OCCCC(CN)c2ccccc2OC)cc1. The molecular formula is C19H25NO3. The number of benzene rings is 2. The van der Waals surface area contributed by atoms with Crippen LogP contribution in [0.2, 0.25) is 0 Å². The maximum atomic E-state index is 5.94. The number of hydrogen-bond acceptors (Lipinski definition) is 4. The Balaban J connectivity index is 1.83. The van der Waals surface area contributed by atoms with Crippen LogP contribution in [-0.2, 0) is 0 Å². The minimum absolute atomic E-state index is 0.283. The molecule has 2 rings (SSSR count). The van der Waals surface area contributed by atoms with Gasteiger partial charge in [0.1, 0.15) is 17.2 Å². The van der Waals surface area contributed by atoms with Gasteiger partial charge in [0.05, 0.1) is 20.8 Å². The second kappa shape index (κ2) is 9.06. The zero-order chi connectivity index (χ0) is 16.5. The standard InChI is InChI=1S/C19H25NO3/c1-21-16-9-11-17(12-10-16)23-13-5-6-15(14-20)18-7-3-4-8-19(18)22-2/h3-4,7-12,15H,5-6,13-14,20H2,1-2H3. The lowest BCUT2D eigenvalue weighted by Gasteiger charge is -2.18. The van der Waals surface area contributed by atoms with Crippen molar-refractivity contribution >= 4 is 0 Å². The van der Waals surface area contributed by atoms with E-state index in [2.05, 4.69) is 6.07 Å². The molecule has 0 spiro atoms. The Morgan fingerprint density at radius 1 is 0.913 bits per heavy atom. The van der Waals surface area contributed by atoms with E-state index in [1.165, 1.54) is 5.56 Å². The molecule has 0 radical (unpaired) electrons. The number of ether oxygens (including phenoxy) is 3. The zero-order valence-electron chi connectivity index (χ0n) is 13.8. The highest BCUT2D eigenvalue weighted by molar-refractivity contribution is 5.36. The van der Waals surface area contributed by atoms with Crippen LogP contribution in [0.3, 0.4) is 0 Å². The summed E-state index contributed by atoms with van der Waals surface area (Å²) in [5.41, 5.74) is 7.11. The summed E-state index contributed by atoms with van der Waals surface area (Å²) in [7, 11) is 3.35. The molecule has 0 amide bonds. The van der Waals surface area contributed by atoms with Crippen molar-refractivity contribution in [3.05, 3.63) is 54.1 Å². The van der Waals surface area contributed by atoms with Gasteiger partial charge in [-0.05, 0) is 61.2 Å². The van der Waals surface area contributed by atoms with Crippen molar-refractivity contribution < 1.29 is 14.2 Å². The maximum Gasteiger partial charge on any atom is 0.122 e. The van der Waals surface area contributed by atoms with Gasteiger partial charge in [-0.15, -0.1) is 0 Å². The molecule has 2 aromatic rings. The van der Waals surface area contributed by atoms with Crippen molar-refractivity contribution in [2.45, 2.75) is 18.8 Å². The molecule has 4 heteroatoms. The van der Waals surface area contributed by atoms with Crippen LogP contribution in [0.1, 0.15) is 24.3 Å². The van der Waals surface area contributed by atoms with Gasteiger partial charge in [0.2, 0.25) is 0 Å². The van der Waals surface area contributed by atoms with E-state index in [0.717, 1.165) is 30.1 Å². The van der Waals surface area contributed by atoms with Crippen LogP contribution in [0.4, 0.5) is 0 Å². The summed E-state index contributed by atoms with van der Waals surface area (Å²) in [5, 5.41) is 0. The fraction of sp³-hybridized carbons (Fsp3) is 0.368. The molecule has 0 aromatic heterocycles. The highest BCUT2D eigenvalue weighted by Gasteiger charge is 2.14. The normalized spacial score (nSPS) is 11.8. The smallest absolute Gasteiger partial charge is 0.122 e. The van der Waals surface area contributed by atoms with Gasteiger partial charge < -0.3 is 19.9 Å². The van der Waals surface area contributed by atoms with Gasteiger partial charge in [-0.1, -0.05) is 18.2 Å². The first-order valence-corrected chi connectivity index (χ1v) is 7.88. The molecule has 0 fully saturated rings. The van der Waals surface area contributed by atoms with E-state index in [9.17, 15) is 0 Å². The van der Waals surface area contributed by atoms with Gasteiger partial charge in [0.25, 0.3) is 0 Å². The van der Waals surface area contributed by atoms with Gasteiger partial charge >= 0.3 is 0 Å². The third-order valence-corrected chi connectivity index (χ3v) is 3.89. The molecular weight excluding hydrogens is 290 g/mol. The van der Waals surface area contributed by atoms with Crippen LogP contribution in [-0.4, -0.2) is 27.4 Å². The lowest BCUT2D eigenvalue weighted by atomic mass is 9.93. The molecule has 0 bridgehead atoms. The molecule has 0 saturated heterocycles. The first-order valence-electron chi connectivity index (χ1n) is 7.88. The zero-order valence-corrected chi connectivity index (χ0v) is 13.8. The minimum atomic E-state index is 0.283. The molecule has 0 aliphatic rings. The van der Waals surface area contributed by atoms with E-state index >= 15 is 0 Å². The van der Waals surface area contributed by atoms with Crippen molar-refractivity contribution in [2.24, 2.45) is 5.73 Å². The van der Waals surface area contributed by atoms with Gasteiger partial charge in [-0.2, -0.15) is 0 Å². The van der Waals surface area contributed by atoms with Crippen molar-refractivity contribution in [1.29, 1.82) is 0 Å². The molecule has 1 unspecified atom stereocenters. The number of hydrogen-bond donors (Lipinski definition) is 1. The molecule has 0 aliphatic heterocycles. The van der Waals surface area contributed by atoms with Crippen molar-refractivity contribution in [3.63, 3.8) is 0 Å². The van der Waals surface area contributed by atoms with Crippen LogP contribution in [0.15, 0.2) is 48.5 Å². The topological polar surface area (TPSA) is 53.7 Å². The van der Waals surface area contributed by atoms with Crippen LogP contribution >= 0.6 is 0 Å². The first-order chi connectivity index (χ1) is 11.3. The third kappa shape index (κ3) is 4.89. The predicted octanol–water partition coefficient (Wildman–Crippen LogP) is 3.61. The van der Waals surface area contributed by atoms with E-state index in [1.807, 2.05) is 42.5 Å². The molecule has 2 N–H and O–H groups in total. The lowest BCUT2D eigenvalue weighted by Crippen LogP contribution is -2.14. The maximum absolute atomic E-state index is 5.94. The fourth-order valence-corrected chi connectivity index (χ4v) is 2.60. The quantitative estimate of drug-likeness (QED) is 0.718. The Hall–Kier alpha value is -2.20. The molecule has 4 nitrogen and oxygen atoms in total. The Morgan fingerprint density at radius 3 is 2.26 bits per heavy atom. The van der Waals surface area contributed by atoms with Gasteiger partial charge in [-0.3, -0.25) is 0 Å². The molecule has 0 heterocycles. The van der Waals surface area contributed by atoms with E-state index < -0.39 is 0 Å². The summed E-state index contributed by atoms with van der Waals surface area (Å²) in [6, 6.07) is 15.7. The summed E-state index contributed by atoms with van der Waals surface area (Å²) < 4.78 is 16.3. The first kappa shape index (κ1) is 17.2. The second-order valence-corrected chi connectivity index (χ2v) is 5.34. The van der Waals surface area contributed by atoms with Crippen LogP contribution in [0.5, 0.6) is 17.2 Å². The van der Waals surface area contributed by atoms with E-state index in [-0.39, 0.29) is 5.92 Å². The van der Waals surface area contributed by atoms with Crippen LogP contribution < -0.4 is 19.9 Å². The minimum Gasteiger partial charge on any atom is -0.497 e. The third-order valence-electron chi connectivity index (χ3n) is 3.89. The average Bonchev–Trinajstić information content (AvgIpc) is 2.62. The molecule has 2 aromatic carbocycles. The number of methoxy groups -OCH3 is 2. The molecule has 23 heavy (non-hydrogen) atoms. The van der Waals surface area contributed by atoms with Crippen LogP contribution in [0, 0.1) is 0 Å². The second-order valence-electron chi connectivity index (χ2n) is 5.34. The van der Waals surface area contributed by atoms with E-state index in [1.54, 1.807) is 14.2 Å². The predicted molar refractivity (Wildman–Crippen MR) is 92.5 cm³/mol. The van der Waals surface area contributed by atoms with Crippen molar-refractivity contribution in [2.75, 3.05) is 27.4 Å². The van der Waals surface area contributed by atoms with Gasteiger partial charge in [0, 0.05) is 0 Å². The summed E-state index contributed by atoms with van der Waals surface area (Å²) in [6.45, 7) is 1.26. The molecule has 0 saturated carbocycles. The largest absolute Gasteiger partial charge is 0.497 e. The van der Waals surface area contributed by atoms with Crippen LogP contribution in [0.25, 0.3) is 0 Å². The Kier molecular flexibility index (Phi) is 6.76. The summed E-state index contributed by atoms with van der Waals surface area (Å²) >= 11 is 0. The molecule has 1 atom stereocenters. The van der Waals surface area contributed by atoms with Gasteiger partial charge in [-0.25, -0.2) is 0 Å². The summed E-state index contributed by atoms with van der Waals surface area (Å²) in [5.74, 6) is 2.87. The Morgan fingerprint density at radius 2 is 1.61 bits per heavy atom. The lowest BCUT2D eigenvalue weighted by molar-refractivity contribution is 0.300. The number of nitrogens with two attached hydrogens (primary N) is 1. The van der Waals surface area contributed by atoms with Crippen molar-refractivity contribution in [3.8, 4) is 17.2 Å². The average molecular weight is 315 g/mol. The highest BCUT2D eigenvalue weighted by atomic mass is 16.5. The highest BCUT2D eigenvalue weighted by Crippen LogP contribution is 2.29. The van der Waals surface area contributed by atoms with Crippen molar-refractivity contribution in [1.82, 2.24) is 0 Å². The summed E-state index contributed by atoms with van der Waals surface area (Å²) in [4.78, 5) is 0. The van der Waals surface area contributed by atoms with E-state index in [0.29, 0.717) is 13.2 Å². The molecule has 124 valence electrons. The summed E-state index contributed by atoms with van der Waals surface area (Å²) in [6.07, 6.45) is 1.90. The van der Waals surface area contributed by atoms with Gasteiger partial charge in [0.15, 0.2) is 0 Å². The molecule has 0 aliphatic carbocycles. The number of para-hydroxylation sites is 1. The van der Waals surface area contributed by atoms with E-state index in [4.69, 9.17) is 19.9 Å². The Bertz CT molecular complexity index is 583. The fourth-order valence-electron chi connectivity index (χ4n) is 2.60.